The number of carboxylic acid groups (broad SMARTS) is 1. The molecule has 3 aromatic heterocycles. The van der Waals surface area contributed by atoms with Crippen LogP contribution in [-0.4, -0.2) is 47.7 Å². The van der Waals surface area contributed by atoms with Crippen LogP contribution in [0.25, 0.3) is 27.8 Å². The van der Waals surface area contributed by atoms with Gasteiger partial charge in [0.1, 0.15) is 18.1 Å². The third kappa shape index (κ3) is 5.99. The molecule has 2 N–H and O–H groups in total. The van der Waals surface area contributed by atoms with Crippen molar-refractivity contribution in [1.29, 1.82) is 0 Å². The van der Waals surface area contributed by atoms with Crippen LogP contribution in [0.1, 0.15) is 0 Å². The number of aliphatic carboxylic acids is 1. The number of aromatic nitrogens is 5. The molecule has 3 heterocycles. The second kappa shape index (κ2) is 10.7. The first-order chi connectivity index (χ1) is 17.7. The van der Waals surface area contributed by atoms with Crippen molar-refractivity contribution >= 4 is 28.6 Å². The molecular formula is C25H19F3N6O3. The zero-order chi connectivity index (χ0) is 26.4. The van der Waals surface area contributed by atoms with Crippen molar-refractivity contribution in [3.63, 3.8) is 0 Å². The van der Waals surface area contributed by atoms with E-state index in [2.05, 4.69) is 15.4 Å². The van der Waals surface area contributed by atoms with Gasteiger partial charge in [-0.25, -0.2) is 9.48 Å². The lowest BCUT2D eigenvalue weighted by Crippen LogP contribution is -2.21. The Bertz CT molecular complexity index is 1520. The Kier molecular flexibility index (Phi) is 7.28. The fraction of sp³-hybridized carbons (Fsp3) is 0.0800. The number of benzene rings is 2. The number of pyridine rings is 1. The predicted octanol–water partition coefficient (Wildman–Crippen LogP) is 4.56. The second-order valence-electron chi connectivity index (χ2n) is 7.57. The number of hydrogen-bond donors (Lipinski definition) is 2. The zero-order valence-electron chi connectivity index (χ0n) is 19.0. The maximum Gasteiger partial charge on any atom is 0.490 e. The molecule has 0 saturated carbocycles. The highest BCUT2D eigenvalue weighted by Crippen LogP contribution is 2.27. The lowest BCUT2D eigenvalue weighted by atomic mass is 10.1. The minimum absolute atomic E-state index is 0.0889. The molecule has 2 aromatic carbocycles. The van der Waals surface area contributed by atoms with E-state index < -0.39 is 12.1 Å². The van der Waals surface area contributed by atoms with Crippen LogP contribution in [0.3, 0.4) is 0 Å². The van der Waals surface area contributed by atoms with Crippen LogP contribution < -0.4 is 5.32 Å². The van der Waals surface area contributed by atoms with Crippen molar-refractivity contribution in [3.05, 3.63) is 91.4 Å². The SMILES string of the molecule is O=C(Cn1nc(-c2ccncc2)c2ccccc21)Nc1ccnn1-c1ccccc1.O=C(O)C(F)(F)F. The number of para-hydroxylation sites is 2. The molecule has 0 fully saturated rings. The van der Waals surface area contributed by atoms with E-state index >= 15 is 0 Å². The maximum atomic E-state index is 12.8. The smallest absolute Gasteiger partial charge is 0.475 e. The van der Waals surface area contributed by atoms with Crippen LogP contribution in [0, 0.1) is 0 Å². The Morgan fingerprint density at radius 1 is 0.892 bits per heavy atom. The first-order valence-electron chi connectivity index (χ1n) is 10.8. The number of hydrogen-bond acceptors (Lipinski definition) is 5. The summed E-state index contributed by atoms with van der Waals surface area (Å²) in [6.45, 7) is 0.0889. The van der Waals surface area contributed by atoms with Crippen LogP contribution in [0.15, 0.2) is 91.4 Å². The molecule has 5 rings (SSSR count). The predicted molar refractivity (Wildman–Crippen MR) is 129 cm³/mol. The molecule has 0 aliphatic rings. The summed E-state index contributed by atoms with van der Waals surface area (Å²) in [5, 5.41) is 20.1. The zero-order valence-corrected chi connectivity index (χ0v) is 19.0. The minimum atomic E-state index is -5.08. The maximum absolute atomic E-state index is 12.8. The fourth-order valence-electron chi connectivity index (χ4n) is 3.46. The average molecular weight is 508 g/mol. The van der Waals surface area contributed by atoms with Gasteiger partial charge in [0.05, 0.1) is 17.4 Å². The number of nitrogens with one attached hydrogen (secondary N) is 1. The van der Waals surface area contributed by atoms with E-state index in [4.69, 9.17) is 15.0 Å². The van der Waals surface area contributed by atoms with Gasteiger partial charge in [-0.05, 0) is 30.3 Å². The standard InChI is InChI=1S/C23H18N6O.C2HF3O2/c30-22(26-21-12-15-25-29(21)18-6-2-1-3-7-18)16-28-20-9-5-4-8-19(20)23(27-28)17-10-13-24-14-11-17;3-2(4,5)1(6)7/h1-15H,16H2,(H,26,30);(H,6,7). The van der Waals surface area contributed by atoms with Crippen molar-refractivity contribution in [2.24, 2.45) is 0 Å². The van der Waals surface area contributed by atoms with Gasteiger partial charge in [-0.3, -0.25) is 14.5 Å². The van der Waals surface area contributed by atoms with E-state index in [0.717, 1.165) is 27.8 Å². The highest BCUT2D eigenvalue weighted by molar-refractivity contribution is 5.95. The van der Waals surface area contributed by atoms with Gasteiger partial charge in [-0.1, -0.05) is 36.4 Å². The van der Waals surface area contributed by atoms with Gasteiger partial charge in [0.2, 0.25) is 5.91 Å². The first kappa shape index (κ1) is 25.1. The van der Waals surface area contributed by atoms with E-state index in [0.29, 0.717) is 5.82 Å². The number of nitrogens with zero attached hydrogens (tertiary/aromatic N) is 5. The van der Waals surface area contributed by atoms with Gasteiger partial charge in [0, 0.05) is 29.4 Å². The van der Waals surface area contributed by atoms with Crippen LogP contribution in [0.4, 0.5) is 19.0 Å². The number of halogens is 3. The number of carbonyl (C=O) groups excluding carboxylic acids is 1. The summed E-state index contributed by atoms with van der Waals surface area (Å²) in [6, 6.07) is 23.2. The number of carbonyl (C=O) groups is 2. The van der Waals surface area contributed by atoms with Crippen LogP contribution in [0.2, 0.25) is 0 Å². The molecular weight excluding hydrogens is 489 g/mol. The average Bonchev–Trinajstić information content (AvgIpc) is 3.50. The molecule has 9 nitrogen and oxygen atoms in total. The molecule has 188 valence electrons. The lowest BCUT2D eigenvalue weighted by molar-refractivity contribution is -0.192. The van der Waals surface area contributed by atoms with Gasteiger partial charge in [0.15, 0.2) is 0 Å². The number of anilines is 1. The highest BCUT2D eigenvalue weighted by Gasteiger charge is 2.38. The molecule has 5 aromatic rings. The fourth-order valence-corrected chi connectivity index (χ4v) is 3.46. The summed E-state index contributed by atoms with van der Waals surface area (Å²) in [7, 11) is 0. The normalized spacial score (nSPS) is 11.0. The summed E-state index contributed by atoms with van der Waals surface area (Å²) in [5.41, 5.74) is 3.57. The third-order valence-electron chi connectivity index (χ3n) is 5.06. The topological polar surface area (TPSA) is 115 Å². The van der Waals surface area contributed by atoms with E-state index in [1.807, 2.05) is 66.7 Å². The molecule has 0 spiro atoms. The van der Waals surface area contributed by atoms with E-state index in [1.165, 1.54) is 0 Å². The number of carboxylic acids is 1. The number of amides is 1. The molecule has 12 heteroatoms. The van der Waals surface area contributed by atoms with E-state index in [1.54, 1.807) is 34.0 Å². The van der Waals surface area contributed by atoms with Crippen molar-refractivity contribution < 1.29 is 27.9 Å². The minimum Gasteiger partial charge on any atom is -0.475 e. The van der Waals surface area contributed by atoms with E-state index in [9.17, 15) is 18.0 Å². The molecule has 37 heavy (non-hydrogen) atoms. The Balaban J connectivity index is 0.000000405. The van der Waals surface area contributed by atoms with Gasteiger partial charge in [0.25, 0.3) is 0 Å². The largest absolute Gasteiger partial charge is 0.490 e. The lowest BCUT2D eigenvalue weighted by Gasteiger charge is -2.09. The molecule has 0 unspecified atom stereocenters. The van der Waals surface area contributed by atoms with Crippen LogP contribution in [0.5, 0.6) is 0 Å². The Labute approximate surface area is 207 Å². The number of rotatable bonds is 5. The van der Waals surface area contributed by atoms with Crippen LogP contribution >= 0.6 is 0 Å². The Morgan fingerprint density at radius 2 is 1.54 bits per heavy atom. The van der Waals surface area contributed by atoms with Gasteiger partial charge in [-0.2, -0.15) is 23.4 Å². The van der Waals surface area contributed by atoms with Gasteiger partial charge < -0.3 is 10.4 Å². The van der Waals surface area contributed by atoms with Gasteiger partial charge in [-0.15, -0.1) is 0 Å². The summed E-state index contributed by atoms with van der Waals surface area (Å²) < 4.78 is 35.2. The van der Waals surface area contributed by atoms with E-state index in [-0.39, 0.29) is 12.5 Å². The quantitative estimate of drug-likeness (QED) is 0.360. The molecule has 0 aliphatic carbocycles. The molecule has 0 aliphatic heterocycles. The number of alkyl halides is 3. The monoisotopic (exact) mass is 508 g/mol. The molecule has 0 radical (unpaired) electrons. The van der Waals surface area contributed by atoms with Crippen molar-refractivity contribution in [3.8, 4) is 16.9 Å². The van der Waals surface area contributed by atoms with Crippen molar-refractivity contribution in [2.75, 3.05) is 5.32 Å². The summed E-state index contributed by atoms with van der Waals surface area (Å²) in [5.74, 6) is -2.33. The molecule has 0 atom stereocenters. The summed E-state index contributed by atoms with van der Waals surface area (Å²) in [6.07, 6.45) is 0.0502. The molecule has 1 amide bonds. The van der Waals surface area contributed by atoms with Crippen molar-refractivity contribution in [1.82, 2.24) is 24.5 Å². The second-order valence-corrected chi connectivity index (χ2v) is 7.57. The van der Waals surface area contributed by atoms with Crippen molar-refractivity contribution in [2.45, 2.75) is 12.7 Å². The first-order valence-corrected chi connectivity index (χ1v) is 10.8. The summed E-state index contributed by atoms with van der Waals surface area (Å²) >= 11 is 0. The Morgan fingerprint density at radius 3 is 2.22 bits per heavy atom. The summed E-state index contributed by atoms with van der Waals surface area (Å²) in [4.78, 5) is 25.8. The molecule has 0 bridgehead atoms. The van der Waals surface area contributed by atoms with Gasteiger partial charge >= 0.3 is 12.1 Å². The molecule has 0 saturated heterocycles. The Hall–Kier alpha value is -5.00. The third-order valence-corrected chi connectivity index (χ3v) is 5.06. The van der Waals surface area contributed by atoms with Crippen LogP contribution in [-0.2, 0) is 16.1 Å². The number of fused-ring (bicyclic) bond motifs is 1. The highest BCUT2D eigenvalue weighted by atomic mass is 19.4.